The zero-order valence-corrected chi connectivity index (χ0v) is 18.4. The number of urea groups is 1. The van der Waals surface area contributed by atoms with Gasteiger partial charge in [-0.1, -0.05) is 18.2 Å². The van der Waals surface area contributed by atoms with Gasteiger partial charge in [-0.2, -0.15) is 0 Å². The molecule has 1 N–H and O–H groups in total. The number of sulfone groups is 1. The van der Waals surface area contributed by atoms with Crippen molar-refractivity contribution >= 4 is 21.8 Å². The Bertz CT molecular complexity index is 1060. The predicted octanol–water partition coefficient (Wildman–Crippen LogP) is 3.24. The molecule has 2 aliphatic rings. The van der Waals surface area contributed by atoms with E-state index in [0.29, 0.717) is 50.4 Å². The van der Waals surface area contributed by atoms with Crippen LogP contribution >= 0.6 is 0 Å². The van der Waals surface area contributed by atoms with E-state index in [1.807, 2.05) is 30.3 Å². The molecule has 8 nitrogen and oxygen atoms in total. The summed E-state index contributed by atoms with van der Waals surface area (Å²) in [5, 5.41) is 8.45. The Labute approximate surface area is 187 Å². The number of hydrogen-bond acceptors (Lipinski definition) is 5. The molecule has 0 saturated carbocycles. The minimum absolute atomic E-state index is 0.141. The third-order valence-electron chi connectivity index (χ3n) is 6.10. The quantitative estimate of drug-likeness (QED) is 0.738. The van der Waals surface area contributed by atoms with Gasteiger partial charge in [-0.3, -0.25) is 4.79 Å². The van der Waals surface area contributed by atoms with Gasteiger partial charge in [0.25, 0.3) is 0 Å². The summed E-state index contributed by atoms with van der Waals surface area (Å²) in [6, 6.07) is 15.4. The Morgan fingerprint density at radius 1 is 0.844 bits per heavy atom. The summed E-state index contributed by atoms with van der Waals surface area (Å²) in [6.07, 6.45) is 1.23. The molecule has 1 unspecified atom stereocenters. The van der Waals surface area contributed by atoms with Gasteiger partial charge in [-0.05, 0) is 55.7 Å². The Balaban J connectivity index is 1.36. The second kappa shape index (κ2) is 9.20. The molecule has 0 bridgehead atoms. The summed E-state index contributed by atoms with van der Waals surface area (Å²) in [5.74, 6) is -0.0344. The van der Waals surface area contributed by atoms with Crippen LogP contribution in [0.2, 0.25) is 0 Å². The largest absolute Gasteiger partial charge is 0.481 e. The smallest absolute Gasteiger partial charge is 0.320 e. The summed E-state index contributed by atoms with van der Waals surface area (Å²) in [5.41, 5.74) is 0. The van der Waals surface area contributed by atoms with Crippen LogP contribution in [0.3, 0.4) is 0 Å². The predicted molar refractivity (Wildman–Crippen MR) is 117 cm³/mol. The van der Waals surface area contributed by atoms with Gasteiger partial charge in [0, 0.05) is 26.2 Å². The summed E-state index contributed by atoms with van der Waals surface area (Å²) < 4.78 is 31.9. The monoisotopic (exact) mass is 458 g/mol. The third kappa shape index (κ3) is 4.72. The molecular weight excluding hydrogens is 432 g/mol. The van der Waals surface area contributed by atoms with Gasteiger partial charge in [0.05, 0.1) is 16.1 Å². The maximum Gasteiger partial charge on any atom is 0.320 e. The van der Waals surface area contributed by atoms with Crippen LogP contribution in [0.5, 0.6) is 11.5 Å². The zero-order chi connectivity index (χ0) is 22.7. The number of hydrogen-bond donors (Lipinski definition) is 1. The van der Waals surface area contributed by atoms with Crippen LogP contribution in [0.15, 0.2) is 59.5 Å². The number of likely N-dealkylation sites (tertiary alicyclic amines) is 2. The fourth-order valence-corrected chi connectivity index (χ4v) is 5.88. The molecule has 2 saturated heterocycles. The second-order valence-electron chi connectivity index (χ2n) is 8.17. The lowest BCUT2D eigenvalue weighted by Crippen LogP contribution is -2.47. The van der Waals surface area contributed by atoms with Gasteiger partial charge in [0.1, 0.15) is 11.5 Å². The number of piperidine rings is 1. The number of carboxylic acid groups (broad SMARTS) is 1. The van der Waals surface area contributed by atoms with E-state index < -0.39 is 27.0 Å². The lowest BCUT2D eigenvalue weighted by Gasteiger charge is -2.33. The normalized spacial score (nSPS) is 19.7. The summed E-state index contributed by atoms with van der Waals surface area (Å²) in [4.78, 5) is 27.3. The molecule has 2 amide bonds. The van der Waals surface area contributed by atoms with Crippen LogP contribution in [0.1, 0.15) is 19.3 Å². The zero-order valence-electron chi connectivity index (χ0n) is 17.6. The molecular formula is C23H26N2O6S. The van der Waals surface area contributed by atoms with E-state index >= 15 is 0 Å². The first kappa shape index (κ1) is 22.1. The van der Waals surface area contributed by atoms with Crippen molar-refractivity contribution in [3.05, 3.63) is 54.6 Å². The number of para-hydroxylation sites is 1. The number of benzene rings is 2. The highest BCUT2D eigenvalue weighted by molar-refractivity contribution is 7.92. The molecule has 2 heterocycles. The van der Waals surface area contributed by atoms with Crippen molar-refractivity contribution in [1.29, 1.82) is 0 Å². The van der Waals surface area contributed by atoms with Gasteiger partial charge in [-0.25, -0.2) is 13.2 Å². The molecule has 2 aromatic rings. The van der Waals surface area contributed by atoms with Crippen molar-refractivity contribution in [1.82, 2.24) is 9.80 Å². The Hall–Kier alpha value is -3.07. The summed E-state index contributed by atoms with van der Waals surface area (Å²) >= 11 is 0. The van der Waals surface area contributed by atoms with Gasteiger partial charge in [0.15, 0.2) is 9.84 Å². The fourth-order valence-electron chi connectivity index (χ4n) is 4.19. The lowest BCUT2D eigenvalue weighted by molar-refractivity contribution is -0.143. The first-order valence-corrected chi connectivity index (χ1v) is 12.2. The highest BCUT2D eigenvalue weighted by Crippen LogP contribution is 2.28. The maximum absolute atomic E-state index is 13.1. The molecule has 0 aromatic heterocycles. The number of carbonyl (C=O) groups excluding carboxylic acids is 1. The summed E-state index contributed by atoms with van der Waals surface area (Å²) in [6.45, 7) is 1.28. The van der Waals surface area contributed by atoms with Crippen molar-refractivity contribution in [2.24, 2.45) is 5.92 Å². The van der Waals surface area contributed by atoms with Gasteiger partial charge < -0.3 is 19.6 Å². The Kier molecular flexibility index (Phi) is 6.36. The minimum atomic E-state index is -3.59. The van der Waals surface area contributed by atoms with Crippen molar-refractivity contribution in [3.63, 3.8) is 0 Å². The van der Waals surface area contributed by atoms with Crippen LogP contribution in [0, 0.1) is 5.92 Å². The molecule has 0 spiro atoms. The molecule has 9 heteroatoms. The van der Waals surface area contributed by atoms with Crippen LogP contribution in [0.4, 0.5) is 4.79 Å². The average Bonchev–Trinajstić information content (AvgIpc) is 3.31. The Morgan fingerprint density at radius 3 is 2.06 bits per heavy atom. The van der Waals surface area contributed by atoms with E-state index in [9.17, 15) is 18.0 Å². The molecule has 1 atom stereocenters. The number of rotatable bonds is 5. The van der Waals surface area contributed by atoms with E-state index in [1.165, 1.54) is 12.1 Å². The van der Waals surface area contributed by atoms with E-state index in [4.69, 9.17) is 9.84 Å². The maximum atomic E-state index is 13.1. The van der Waals surface area contributed by atoms with E-state index in [0.717, 1.165) is 0 Å². The van der Waals surface area contributed by atoms with Crippen LogP contribution < -0.4 is 4.74 Å². The van der Waals surface area contributed by atoms with Crippen LogP contribution in [-0.4, -0.2) is 66.8 Å². The SMILES string of the molecule is O=C(O)C1CCN(C(=O)N2CCC(S(=O)(=O)c3ccc(Oc4ccccc4)cc3)C2)CC1. The molecule has 0 aliphatic carbocycles. The van der Waals surface area contributed by atoms with E-state index in [1.54, 1.807) is 21.9 Å². The number of aliphatic carboxylic acids is 1. The minimum Gasteiger partial charge on any atom is -0.481 e. The number of carbonyl (C=O) groups is 2. The number of ether oxygens (including phenoxy) is 1. The molecule has 32 heavy (non-hydrogen) atoms. The summed E-state index contributed by atoms with van der Waals surface area (Å²) in [7, 11) is -3.59. The van der Waals surface area contributed by atoms with Crippen LogP contribution in [-0.2, 0) is 14.6 Å². The van der Waals surface area contributed by atoms with E-state index in [2.05, 4.69) is 0 Å². The molecule has 2 fully saturated rings. The first-order chi connectivity index (χ1) is 15.3. The van der Waals surface area contributed by atoms with Gasteiger partial charge in [0.2, 0.25) is 0 Å². The lowest BCUT2D eigenvalue weighted by atomic mass is 9.97. The molecule has 4 rings (SSSR count). The third-order valence-corrected chi connectivity index (χ3v) is 8.29. The van der Waals surface area contributed by atoms with Crippen LogP contribution in [0.25, 0.3) is 0 Å². The number of nitrogens with zero attached hydrogens (tertiary/aromatic N) is 2. The molecule has 2 aliphatic heterocycles. The molecule has 0 radical (unpaired) electrons. The number of amides is 2. The van der Waals surface area contributed by atoms with Gasteiger partial charge >= 0.3 is 12.0 Å². The topological polar surface area (TPSA) is 104 Å². The first-order valence-electron chi connectivity index (χ1n) is 10.7. The molecule has 2 aromatic carbocycles. The Morgan fingerprint density at radius 2 is 1.44 bits per heavy atom. The number of carboxylic acids is 1. The standard InChI is InChI=1S/C23H26N2O6S/c26-22(27)17-10-13-24(14-11-17)23(28)25-15-12-21(16-25)32(29,30)20-8-6-19(7-9-20)31-18-4-2-1-3-5-18/h1-9,17,21H,10-16H2,(H,26,27). The highest BCUT2D eigenvalue weighted by Gasteiger charge is 2.38. The van der Waals surface area contributed by atoms with Crippen molar-refractivity contribution in [3.8, 4) is 11.5 Å². The molecule has 170 valence electrons. The fraction of sp³-hybridized carbons (Fsp3) is 0.391. The van der Waals surface area contributed by atoms with Crippen molar-refractivity contribution < 1.29 is 27.9 Å². The average molecular weight is 459 g/mol. The second-order valence-corrected chi connectivity index (χ2v) is 10.4. The highest BCUT2D eigenvalue weighted by atomic mass is 32.2. The van der Waals surface area contributed by atoms with Crippen molar-refractivity contribution in [2.45, 2.75) is 29.4 Å². The van der Waals surface area contributed by atoms with E-state index in [-0.39, 0.29) is 17.5 Å². The van der Waals surface area contributed by atoms with Crippen molar-refractivity contribution in [2.75, 3.05) is 26.2 Å². The van der Waals surface area contributed by atoms with Gasteiger partial charge in [-0.15, -0.1) is 0 Å².